The lowest BCUT2D eigenvalue weighted by atomic mass is 9.80. The zero-order valence-electron chi connectivity index (χ0n) is 7.14. The maximum Gasteiger partial charge on any atom is 0.333 e. The predicted octanol–water partition coefficient (Wildman–Crippen LogP) is 1.11. The SMILES string of the molecule is CC(F)(F)C(C)(C)C(O)C(=O)O. The van der Waals surface area contributed by atoms with Crippen molar-refractivity contribution in [1.82, 2.24) is 0 Å². The van der Waals surface area contributed by atoms with Crippen LogP contribution in [0.5, 0.6) is 0 Å². The molecule has 0 aliphatic carbocycles. The number of hydrogen-bond donors (Lipinski definition) is 2. The first-order chi connectivity index (χ1) is 5.10. The minimum absolute atomic E-state index is 0.583. The number of carbonyl (C=O) groups is 1. The van der Waals surface area contributed by atoms with Gasteiger partial charge in [0.15, 0.2) is 6.10 Å². The molecule has 0 spiro atoms. The van der Waals surface area contributed by atoms with Crippen molar-refractivity contribution in [3.05, 3.63) is 0 Å². The number of carboxylic acids is 1. The highest BCUT2D eigenvalue weighted by molar-refractivity contribution is 5.73. The lowest BCUT2D eigenvalue weighted by molar-refractivity contribution is -0.177. The number of rotatable bonds is 3. The van der Waals surface area contributed by atoms with Crippen molar-refractivity contribution >= 4 is 5.97 Å². The molecule has 0 fully saturated rings. The van der Waals surface area contributed by atoms with Gasteiger partial charge in [-0.25, -0.2) is 13.6 Å². The van der Waals surface area contributed by atoms with Crippen LogP contribution in [0.4, 0.5) is 8.78 Å². The van der Waals surface area contributed by atoms with Gasteiger partial charge in [0.25, 0.3) is 5.92 Å². The largest absolute Gasteiger partial charge is 0.479 e. The number of hydrogen-bond acceptors (Lipinski definition) is 2. The van der Waals surface area contributed by atoms with E-state index in [2.05, 4.69) is 0 Å². The van der Waals surface area contributed by atoms with E-state index < -0.39 is 23.4 Å². The fourth-order valence-electron chi connectivity index (χ4n) is 0.549. The summed E-state index contributed by atoms with van der Waals surface area (Å²) in [5, 5.41) is 17.2. The van der Waals surface area contributed by atoms with Crippen LogP contribution in [0, 0.1) is 5.41 Å². The van der Waals surface area contributed by atoms with E-state index in [1.54, 1.807) is 0 Å². The van der Waals surface area contributed by atoms with Crippen molar-refractivity contribution in [1.29, 1.82) is 0 Å². The fraction of sp³-hybridized carbons (Fsp3) is 0.857. The van der Waals surface area contributed by atoms with E-state index in [1.165, 1.54) is 0 Å². The molecule has 72 valence electrons. The lowest BCUT2D eigenvalue weighted by Gasteiger charge is -2.33. The summed E-state index contributed by atoms with van der Waals surface area (Å²) in [4.78, 5) is 10.2. The molecule has 1 unspecified atom stereocenters. The number of halogens is 2. The smallest absolute Gasteiger partial charge is 0.333 e. The Morgan fingerprint density at radius 3 is 1.75 bits per heavy atom. The van der Waals surface area contributed by atoms with E-state index in [0.29, 0.717) is 6.92 Å². The monoisotopic (exact) mass is 182 g/mol. The lowest BCUT2D eigenvalue weighted by Crippen LogP contribution is -2.47. The van der Waals surface area contributed by atoms with Gasteiger partial charge in [0, 0.05) is 0 Å². The summed E-state index contributed by atoms with van der Waals surface area (Å²) in [5.41, 5.74) is -1.96. The maximum absolute atomic E-state index is 12.7. The number of aliphatic hydroxyl groups is 1. The Bertz CT molecular complexity index is 184. The van der Waals surface area contributed by atoms with Crippen LogP contribution in [0.3, 0.4) is 0 Å². The molecule has 0 radical (unpaired) electrons. The highest BCUT2D eigenvalue weighted by Gasteiger charge is 2.50. The molecule has 0 rings (SSSR count). The first kappa shape index (κ1) is 11.3. The van der Waals surface area contributed by atoms with Crippen molar-refractivity contribution in [2.75, 3.05) is 0 Å². The van der Waals surface area contributed by atoms with E-state index in [0.717, 1.165) is 13.8 Å². The van der Waals surface area contributed by atoms with Gasteiger partial charge in [0.2, 0.25) is 0 Å². The van der Waals surface area contributed by atoms with E-state index in [9.17, 15) is 13.6 Å². The zero-order valence-corrected chi connectivity index (χ0v) is 7.14. The molecule has 0 aromatic carbocycles. The van der Waals surface area contributed by atoms with Crippen LogP contribution in [0.15, 0.2) is 0 Å². The van der Waals surface area contributed by atoms with Crippen LogP contribution in [-0.2, 0) is 4.79 Å². The average Bonchev–Trinajstić information content (AvgIpc) is 1.83. The summed E-state index contributed by atoms with van der Waals surface area (Å²) < 4.78 is 25.4. The minimum atomic E-state index is -3.23. The van der Waals surface area contributed by atoms with Gasteiger partial charge < -0.3 is 10.2 Å². The molecular formula is C7H12F2O3. The molecular weight excluding hydrogens is 170 g/mol. The average molecular weight is 182 g/mol. The number of aliphatic carboxylic acids is 1. The van der Waals surface area contributed by atoms with Crippen LogP contribution < -0.4 is 0 Å². The van der Waals surface area contributed by atoms with Crippen molar-refractivity contribution in [2.45, 2.75) is 32.8 Å². The Kier molecular flexibility index (Phi) is 2.79. The fourth-order valence-corrected chi connectivity index (χ4v) is 0.549. The molecule has 5 heteroatoms. The molecule has 2 N–H and O–H groups in total. The van der Waals surface area contributed by atoms with Crippen LogP contribution in [-0.4, -0.2) is 28.2 Å². The number of alkyl halides is 2. The maximum atomic E-state index is 12.7. The third-order valence-corrected chi connectivity index (χ3v) is 2.05. The van der Waals surface area contributed by atoms with Crippen LogP contribution >= 0.6 is 0 Å². The highest BCUT2D eigenvalue weighted by atomic mass is 19.3. The molecule has 1 atom stereocenters. The number of aliphatic hydroxyl groups excluding tert-OH is 1. The second-order valence-corrected chi connectivity index (χ2v) is 3.35. The third kappa shape index (κ3) is 1.91. The van der Waals surface area contributed by atoms with E-state index in [1.807, 2.05) is 0 Å². The molecule has 0 amide bonds. The van der Waals surface area contributed by atoms with Gasteiger partial charge in [0.05, 0.1) is 5.41 Å². The van der Waals surface area contributed by atoms with Gasteiger partial charge in [-0.3, -0.25) is 0 Å². The molecule has 0 aromatic heterocycles. The molecule has 0 bridgehead atoms. The van der Waals surface area contributed by atoms with Gasteiger partial charge in [-0.05, 0) is 6.92 Å². The third-order valence-electron chi connectivity index (χ3n) is 2.05. The standard InChI is InChI=1S/C7H12F2O3/c1-6(2,7(3,8)9)4(10)5(11)12/h4,10H,1-3H3,(H,11,12). The molecule has 0 saturated carbocycles. The summed E-state index contributed by atoms with van der Waals surface area (Å²) in [5.74, 6) is -4.87. The molecule has 0 aliphatic heterocycles. The van der Waals surface area contributed by atoms with Crippen LogP contribution in [0.1, 0.15) is 20.8 Å². The predicted molar refractivity (Wildman–Crippen MR) is 38.0 cm³/mol. The van der Waals surface area contributed by atoms with Crippen molar-refractivity contribution in [3.63, 3.8) is 0 Å². The molecule has 0 saturated heterocycles. The van der Waals surface area contributed by atoms with Crippen molar-refractivity contribution < 1.29 is 23.8 Å². The van der Waals surface area contributed by atoms with E-state index in [4.69, 9.17) is 10.2 Å². The Hall–Kier alpha value is -0.710. The Labute approximate surface area is 69.0 Å². The van der Waals surface area contributed by atoms with Gasteiger partial charge in [-0.1, -0.05) is 13.8 Å². The van der Waals surface area contributed by atoms with Gasteiger partial charge in [-0.15, -0.1) is 0 Å². The minimum Gasteiger partial charge on any atom is -0.479 e. The summed E-state index contributed by atoms with van der Waals surface area (Å²) in [7, 11) is 0. The summed E-state index contributed by atoms with van der Waals surface area (Å²) in [6, 6.07) is 0. The molecule has 12 heavy (non-hydrogen) atoms. The van der Waals surface area contributed by atoms with Crippen LogP contribution in [0.25, 0.3) is 0 Å². The quantitative estimate of drug-likeness (QED) is 0.687. The van der Waals surface area contributed by atoms with Crippen LogP contribution in [0.2, 0.25) is 0 Å². The van der Waals surface area contributed by atoms with Gasteiger partial charge >= 0.3 is 5.97 Å². The Morgan fingerprint density at radius 1 is 1.33 bits per heavy atom. The summed E-state index contributed by atoms with van der Waals surface area (Å²) >= 11 is 0. The number of carboxylic acid groups (broad SMARTS) is 1. The molecule has 0 heterocycles. The molecule has 0 aromatic rings. The summed E-state index contributed by atoms with van der Waals surface area (Å²) in [6.45, 7) is 2.59. The van der Waals surface area contributed by atoms with Crippen molar-refractivity contribution in [2.24, 2.45) is 5.41 Å². The van der Waals surface area contributed by atoms with Crippen molar-refractivity contribution in [3.8, 4) is 0 Å². The topological polar surface area (TPSA) is 57.5 Å². The highest BCUT2D eigenvalue weighted by Crippen LogP contribution is 2.38. The zero-order chi connectivity index (χ0) is 10.2. The second kappa shape index (κ2) is 2.97. The summed E-state index contributed by atoms with van der Waals surface area (Å²) in [6.07, 6.45) is -2.06. The molecule has 0 aliphatic rings. The second-order valence-electron chi connectivity index (χ2n) is 3.35. The molecule has 3 nitrogen and oxygen atoms in total. The van der Waals surface area contributed by atoms with E-state index in [-0.39, 0.29) is 0 Å². The normalized spacial score (nSPS) is 15.8. The van der Waals surface area contributed by atoms with Gasteiger partial charge in [-0.2, -0.15) is 0 Å². The Balaban J connectivity index is 4.73. The Morgan fingerprint density at radius 2 is 1.67 bits per heavy atom. The van der Waals surface area contributed by atoms with E-state index >= 15 is 0 Å². The van der Waals surface area contributed by atoms with Gasteiger partial charge in [0.1, 0.15) is 0 Å². The first-order valence-corrected chi connectivity index (χ1v) is 3.39. The first-order valence-electron chi connectivity index (χ1n) is 3.39.